The second kappa shape index (κ2) is 5.01. The van der Waals surface area contributed by atoms with Gasteiger partial charge >= 0.3 is 0 Å². The quantitative estimate of drug-likeness (QED) is 0.837. The lowest BCUT2D eigenvalue weighted by atomic mass is 10.3. The summed E-state index contributed by atoms with van der Waals surface area (Å²) in [5.74, 6) is -0.251. The largest absolute Gasteiger partial charge is 0.487 e. The fourth-order valence-corrected chi connectivity index (χ4v) is 2.41. The Balaban J connectivity index is 2.20. The van der Waals surface area contributed by atoms with Crippen LogP contribution in [0.25, 0.3) is 0 Å². The molecule has 5 heteroatoms. The minimum Gasteiger partial charge on any atom is -0.487 e. The molecule has 1 heterocycles. The van der Waals surface area contributed by atoms with Gasteiger partial charge in [0.25, 0.3) is 0 Å². The van der Waals surface area contributed by atoms with Gasteiger partial charge in [0.05, 0.1) is 17.8 Å². The normalized spacial score (nSPS) is 10.2. The predicted octanol–water partition coefficient (Wildman–Crippen LogP) is 4.24. The van der Waals surface area contributed by atoms with Crippen molar-refractivity contribution in [2.24, 2.45) is 0 Å². The number of nitrogens with one attached hydrogen (secondary N) is 1. The summed E-state index contributed by atoms with van der Waals surface area (Å²) in [5, 5.41) is 4.67. The molecule has 2 rings (SSSR count). The molecule has 16 heavy (non-hydrogen) atoms. The van der Waals surface area contributed by atoms with Crippen LogP contribution < -0.4 is 10.1 Å². The zero-order chi connectivity index (χ0) is 11.5. The Morgan fingerprint density at radius 1 is 1.31 bits per heavy atom. The highest BCUT2D eigenvalue weighted by atomic mass is 127. The van der Waals surface area contributed by atoms with Crippen LogP contribution in [0.2, 0.25) is 0 Å². The third kappa shape index (κ3) is 2.65. The molecule has 0 unspecified atom stereocenters. The molecule has 0 saturated heterocycles. The molecule has 1 aromatic carbocycles. The Labute approximate surface area is 111 Å². The van der Waals surface area contributed by atoms with E-state index >= 15 is 0 Å². The lowest BCUT2D eigenvalue weighted by Crippen LogP contribution is -1.91. The molecule has 0 aliphatic heterocycles. The van der Waals surface area contributed by atoms with Crippen molar-refractivity contribution in [2.75, 3.05) is 12.4 Å². The lowest BCUT2D eigenvalue weighted by Gasteiger charge is -2.04. The third-order valence-electron chi connectivity index (χ3n) is 1.97. The van der Waals surface area contributed by atoms with Crippen molar-refractivity contribution < 1.29 is 9.13 Å². The molecule has 0 radical (unpaired) electrons. The van der Waals surface area contributed by atoms with E-state index in [9.17, 15) is 4.39 Å². The maximum Gasteiger partial charge on any atom is 0.175 e. The van der Waals surface area contributed by atoms with Gasteiger partial charge in [-0.1, -0.05) is 11.3 Å². The summed E-state index contributed by atoms with van der Waals surface area (Å²) < 4.78 is 19.5. The van der Waals surface area contributed by atoms with Crippen molar-refractivity contribution in [3.8, 4) is 5.06 Å². The van der Waals surface area contributed by atoms with Gasteiger partial charge < -0.3 is 10.1 Å². The molecule has 1 N–H and O–H groups in total. The topological polar surface area (TPSA) is 21.3 Å². The van der Waals surface area contributed by atoms with Crippen LogP contribution in [-0.4, -0.2) is 7.11 Å². The molecule has 0 amide bonds. The molecule has 1 aromatic heterocycles. The van der Waals surface area contributed by atoms with Crippen LogP contribution >= 0.6 is 33.9 Å². The van der Waals surface area contributed by atoms with E-state index in [0.717, 1.165) is 13.6 Å². The summed E-state index contributed by atoms with van der Waals surface area (Å²) in [6.45, 7) is 0. The van der Waals surface area contributed by atoms with E-state index in [2.05, 4.69) is 27.9 Å². The highest BCUT2D eigenvalue weighted by Crippen LogP contribution is 2.31. The molecule has 0 spiro atoms. The van der Waals surface area contributed by atoms with Crippen LogP contribution in [0.15, 0.2) is 30.3 Å². The first kappa shape index (κ1) is 11.7. The van der Waals surface area contributed by atoms with Crippen molar-refractivity contribution in [1.82, 2.24) is 0 Å². The number of anilines is 2. The Morgan fingerprint density at radius 2 is 2.12 bits per heavy atom. The first-order valence-corrected chi connectivity index (χ1v) is 6.44. The summed E-state index contributed by atoms with van der Waals surface area (Å²) in [6.07, 6.45) is 0. The summed E-state index contributed by atoms with van der Waals surface area (Å²) in [6, 6.07) is 8.78. The fourth-order valence-electron chi connectivity index (χ4n) is 1.22. The van der Waals surface area contributed by atoms with E-state index in [4.69, 9.17) is 4.74 Å². The first-order valence-electron chi connectivity index (χ1n) is 4.55. The van der Waals surface area contributed by atoms with Crippen molar-refractivity contribution in [2.45, 2.75) is 0 Å². The third-order valence-corrected chi connectivity index (χ3v) is 3.60. The summed E-state index contributed by atoms with van der Waals surface area (Å²) in [5.41, 5.74) is 0.477. The Hall–Kier alpha value is -0.820. The molecule has 2 aromatic rings. The van der Waals surface area contributed by atoms with Crippen molar-refractivity contribution in [1.29, 1.82) is 0 Å². The minimum absolute atomic E-state index is 0.251. The van der Waals surface area contributed by atoms with Gasteiger partial charge in [0, 0.05) is 3.57 Å². The summed E-state index contributed by atoms with van der Waals surface area (Å²) in [7, 11) is 1.61. The minimum atomic E-state index is -0.251. The highest BCUT2D eigenvalue weighted by Gasteiger charge is 2.05. The number of thiophene rings is 1. The second-order valence-corrected chi connectivity index (χ2v) is 5.36. The van der Waals surface area contributed by atoms with Gasteiger partial charge in [-0.25, -0.2) is 4.39 Å². The van der Waals surface area contributed by atoms with Gasteiger partial charge in [0.2, 0.25) is 0 Å². The predicted molar refractivity (Wildman–Crippen MR) is 73.3 cm³/mol. The average molecular weight is 349 g/mol. The van der Waals surface area contributed by atoms with E-state index in [1.165, 1.54) is 17.4 Å². The smallest absolute Gasteiger partial charge is 0.175 e. The molecule has 2 nitrogen and oxygen atoms in total. The molecule has 0 aliphatic carbocycles. The number of methoxy groups -OCH3 is 1. The van der Waals surface area contributed by atoms with E-state index in [-0.39, 0.29) is 5.82 Å². The fraction of sp³-hybridized carbons (Fsp3) is 0.0909. The summed E-state index contributed by atoms with van der Waals surface area (Å²) in [4.78, 5) is 0. The number of halogens is 2. The van der Waals surface area contributed by atoms with Crippen LogP contribution in [0.5, 0.6) is 5.06 Å². The van der Waals surface area contributed by atoms with Gasteiger partial charge in [-0.3, -0.25) is 0 Å². The monoisotopic (exact) mass is 349 g/mol. The van der Waals surface area contributed by atoms with Crippen molar-refractivity contribution >= 4 is 44.6 Å². The molecule has 0 aliphatic rings. The maximum absolute atomic E-state index is 13.5. The van der Waals surface area contributed by atoms with Gasteiger partial charge in [-0.05, 0) is 52.9 Å². The van der Waals surface area contributed by atoms with Gasteiger partial charge in [0.15, 0.2) is 5.06 Å². The molecule has 0 atom stereocenters. The molecule has 0 bridgehead atoms. The zero-order valence-corrected chi connectivity index (χ0v) is 11.4. The van der Waals surface area contributed by atoms with E-state index < -0.39 is 0 Å². The highest BCUT2D eigenvalue weighted by molar-refractivity contribution is 14.1. The van der Waals surface area contributed by atoms with Crippen molar-refractivity contribution in [3.63, 3.8) is 0 Å². The Bertz CT molecular complexity index is 500. The number of hydrogen-bond acceptors (Lipinski definition) is 3. The zero-order valence-electron chi connectivity index (χ0n) is 8.46. The van der Waals surface area contributed by atoms with E-state index in [1.807, 2.05) is 18.2 Å². The average Bonchev–Trinajstić information content (AvgIpc) is 2.70. The van der Waals surface area contributed by atoms with Crippen molar-refractivity contribution in [3.05, 3.63) is 39.7 Å². The molecule has 84 valence electrons. The molecular weight excluding hydrogens is 340 g/mol. The summed E-state index contributed by atoms with van der Waals surface area (Å²) >= 11 is 3.52. The van der Waals surface area contributed by atoms with E-state index in [1.54, 1.807) is 13.2 Å². The maximum atomic E-state index is 13.5. The number of ether oxygens (including phenoxy) is 1. The van der Waals surface area contributed by atoms with Gasteiger partial charge in [0.1, 0.15) is 5.82 Å². The lowest BCUT2D eigenvalue weighted by molar-refractivity contribution is 0.427. The second-order valence-electron chi connectivity index (χ2n) is 3.07. The van der Waals surface area contributed by atoms with Crippen LogP contribution in [0.3, 0.4) is 0 Å². The Morgan fingerprint density at radius 3 is 2.75 bits per heavy atom. The van der Waals surface area contributed by atoms with Crippen LogP contribution in [0.1, 0.15) is 0 Å². The van der Waals surface area contributed by atoms with Gasteiger partial charge in [-0.2, -0.15) is 0 Å². The molecular formula is C11H9FINOS. The van der Waals surface area contributed by atoms with Crippen LogP contribution in [-0.2, 0) is 0 Å². The molecule has 0 saturated carbocycles. The van der Waals surface area contributed by atoms with Crippen LogP contribution in [0, 0.1) is 9.39 Å². The SMILES string of the molecule is COc1ccc(Nc2ccc(I)cc2F)s1. The number of hydrogen-bond donors (Lipinski definition) is 1. The first-order chi connectivity index (χ1) is 7.69. The van der Waals surface area contributed by atoms with E-state index in [0.29, 0.717) is 5.69 Å². The molecule has 0 fully saturated rings. The Kier molecular flexibility index (Phi) is 3.65. The van der Waals surface area contributed by atoms with Gasteiger partial charge in [-0.15, -0.1) is 0 Å². The standard InChI is InChI=1S/C11H9FINOS/c1-15-11-5-4-10(16-11)14-9-3-2-7(13)6-8(9)12/h2-6,14H,1H3. The number of benzene rings is 1. The number of rotatable bonds is 3. The van der Waals surface area contributed by atoms with Crippen LogP contribution in [0.4, 0.5) is 15.1 Å².